The molecule has 1 aromatic carbocycles. The summed E-state index contributed by atoms with van der Waals surface area (Å²) in [6.07, 6.45) is 5.01. The van der Waals surface area contributed by atoms with Crippen LogP contribution in [-0.4, -0.2) is 58.5 Å². The van der Waals surface area contributed by atoms with Gasteiger partial charge in [-0.3, -0.25) is 4.90 Å². The van der Waals surface area contributed by atoms with Crippen LogP contribution in [0.5, 0.6) is 5.75 Å². The monoisotopic (exact) mass is 399 g/mol. The summed E-state index contributed by atoms with van der Waals surface area (Å²) >= 11 is 0. The van der Waals surface area contributed by atoms with E-state index in [-0.39, 0.29) is 12.6 Å². The Morgan fingerprint density at radius 1 is 1.31 bits per heavy atom. The van der Waals surface area contributed by atoms with E-state index in [1.54, 1.807) is 7.11 Å². The molecule has 29 heavy (non-hydrogen) atoms. The standard InChI is InChI=1S/C23H29NO5/c1-28-17-5-4-15(12-25)18(8-17)21-9-16-11-24(10-14-2-3-14)19(16)23(21)7-6-22(27,13-21)20(26)29-23/h4-5,8,14,16,19,25,27H,2-3,6-7,9-13H2,1H3/t16?,19-,21-,22+,23-/m1/s1. The smallest absolute Gasteiger partial charge is 0.338 e. The molecule has 3 saturated carbocycles. The average molecular weight is 399 g/mol. The van der Waals surface area contributed by atoms with E-state index in [1.807, 2.05) is 18.2 Å². The van der Waals surface area contributed by atoms with Gasteiger partial charge in [0.2, 0.25) is 0 Å². The van der Waals surface area contributed by atoms with Gasteiger partial charge in [0.05, 0.1) is 19.8 Å². The van der Waals surface area contributed by atoms with Gasteiger partial charge < -0.3 is 19.7 Å². The molecule has 6 aliphatic rings. The Morgan fingerprint density at radius 2 is 2.14 bits per heavy atom. The zero-order valence-corrected chi connectivity index (χ0v) is 16.9. The normalized spacial score (nSPS) is 42.8. The first kappa shape index (κ1) is 18.2. The van der Waals surface area contributed by atoms with Crippen LogP contribution >= 0.6 is 0 Å². The summed E-state index contributed by atoms with van der Waals surface area (Å²) in [6.45, 7) is 2.05. The number of methoxy groups -OCH3 is 1. The molecule has 0 radical (unpaired) electrons. The Morgan fingerprint density at radius 3 is 2.83 bits per heavy atom. The van der Waals surface area contributed by atoms with Crippen molar-refractivity contribution in [3.05, 3.63) is 29.3 Å². The zero-order valence-electron chi connectivity index (χ0n) is 16.9. The van der Waals surface area contributed by atoms with Crippen molar-refractivity contribution in [3.63, 3.8) is 0 Å². The predicted octanol–water partition coefficient (Wildman–Crippen LogP) is 1.75. The number of carbonyl (C=O) groups excluding carboxylic acids is 1. The molecule has 3 aliphatic heterocycles. The lowest BCUT2D eigenvalue weighted by Gasteiger charge is -2.62. The molecule has 3 aliphatic carbocycles. The Bertz CT molecular complexity index is 884. The molecule has 1 unspecified atom stereocenters. The van der Waals surface area contributed by atoms with Crippen molar-refractivity contribution in [2.45, 2.75) is 67.8 Å². The Hall–Kier alpha value is -1.63. The van der Waals surface area contributed by atoms with Gasteiger partial charge in [-0.15, -0.1) is 0 Å². The number of hydrogen-bond donors (Lipinski definition) is 2. The Balaban J connectivity index is 1.51. The van der Waals surface area contributed by atoms with Crippen LogP contribution in [-0.2, 0) is 21.6 Å². The maximum Gasteiger partial charge on any atom is 0.338 e. The molecule has 5 atom stereocenters. The number of nitrogens with zero attached hydrogens (tertiary/aromatic N) is 1. The molecule has 6 fully saturated rings. The lowest BCUT2D eigenvalue weighted by atomic mass is 9.54. The molecule has 6 heteroatoms. The number of aliphatic hydroxyl groups excluding tert-OH is 1. The van der Waals surface area contributed by atoms with E-state index in [9.17, 15) is 15.0 Å². The van der Waals surface area contributed by atoms with Crippen molar-refractivity contribution in [2.24, 2.45) is 11.8 Å². The summed E-state index contributed by atoms with van der Waals surface area (Å²) in [6, 6.07) is 5.99. The van der Waals surface area contributed by atoms with Crippen LogP contribution in [0.2, 0.25) is 0 Å². The fraction of sp³-hybridized carbons (Fsp3) is 0.696. The van der Waals surface area contributed by atoms with E-state index in [0.29, 0.717) is 25.2 Å². The maximum atomic E-state index is 12.8. The van der Waals surface area contributed by atoms with Crippen molar-refractivity contribution in [1.82, 2.24) is 4.90 Å². The minimum Gasteiger partial charge on any atom is -0.497 e. The van der Waals surface area contributed by atoms with Crippen molar-refractivity contribution in [1.29, 1.82) is 0 Å². The van der Waals surface area contributed by atoms with Gasteiger partial charge in [-0.25, -0.2) is 4.79 Å². The van der Waals surface area contributed by atoms with Gasteiger partial charge in [0.25, 0.3) is 0 Å². The van der Waals surface area contributed by atoms with Gasteiger partial charge >= 0.3 is 5.97 Å². The minimum absolute atomic E-state index is 0.0787. The third-order valence-electron chi connectivity index (χ3n) is 8.56. The number of hydrogen-bond acceptors (Lipinski definition) is 6. The maximum absolute atomic E-state index is 12.8. The number of likely N-dealkylation sites (tertiary alicyclic amines) is 1. The number of benzene rings is 1. The predicted molar refractivity (Wildman–Crippen MR) is 104 cm³/mol. The molecule has 1 aromatic rings. The quantitative estimate of drug-likeness (QED) is 0.735. The minimum atomic E-state index is -1.43. The third kappa shape index (κ3) is 2.20. The SMILES string of the molecule is COc1ccc(CO)c([C@]23CC4CN(CC5CC5)[C@H]4[C@]24CC[C@](O)(C3)C(=O)O4)c1. The van der Waals surface area contributed by atoms with Crippen LogP contribution in [0.4, 0.5) is 0 Å². The highest BCUT2D eigenvalue weighted by Crippen LogP contribution is 2.69. The highest BCUT2D eigenvalue weighted by molar-refractivity contribution is 5.83. The van der Waals surface area contributed by atoms with E-state index in [4.69, 9.17) is 9.47 Å². The Labute approximate surface area is 170 Å². The van der Waals surface area contributed by atoms with Crippen molar-refractivity contribution < 1.29 is 24.5 Å². The fourth-order valence-corrected chi connectivity index (χ4v) is 7.18. The van der Waals surface area contributed by atoms with Crippen molar-refractivity contribution in [2.75, 3.05) is 20.2 Å². The lowest BCUT2D eigenvalue weighted by Crippen LogP contribution is -2.75. The molecule has 0 aromatic heterocycles. The molecule has 3 saturated heterocycles. The molecule has 0 amide bonds. The second-order valence-corrected chi connectivity index (χ2v) is 10.1. The van der Waals surface area contributed by atoms with Gasteiger partial charge in [-0.2, -0.15) is 0 Å². The number of fused-ring (bicyclic) bond motifs is 3. The summed E-state index contributed by atoms with van der Waals surface area (Å²) in [4.78, 5) is 15.4. The molecule has 156 valence electrons. The van der Waals surface area contributed by atoms with Crippen LogP contribution in [0.25, 0.3) is 0 Å². The highest BCUT2D eigenvalue weighted by atomic mass is 16.6. The Kier molecular flexibility index (Phi) is 3.60. The molecule has 2 bridgehead atoms. The highest BCUT2D eigenvalue weighted by Gasteiger charge is 2.79. The third-order valence-corrected chi connectivity index (χ3v) is 8.56. The van der Waals surface area contributed by atoms with Gasteiger partial charge in [-0.05, 0) is 67.2 Å². The number of rotatable bonds is 5. The fourth-order valence-electron chi connectivity index (χ4n) is 7.18. The number of esters is 1. The van der Waals surface area contributed by atoms with E-state index >= 15 is 0 Å². The van der Waals surface area contributed by atoms with Crippen LogP contribution in [0.15, 0.2) is 18.2 Å². The van der Waals surface area contributed by atoms with E-state index < -0.39 is 22.6 Å². The summed E-state index contributed by atoms with van der Waals surface area (Å²) in [5, 5.41) is 21.3. The van der Waals surface area contributed by atoms with Gasteiger partial charge in [0.15, 0.2) is 5.60 Å². The van der Waals surface area contributed by atoms with Crippen molar-refractivity contribution in [3.8, 4) is 5.75 Å². The largest absolute Gasteiger partial charge is 0.497 e. The van der Waals surface area contributed by atoms with E-state index in [1.165, 1.54) is 12.8 Å². The first-order chi connectivity index (χ1) is 13.9. The topological polar surface area (TPSA) is 79.2 Å². The average Bonchev–Trinajstić information content (AvgIpc) is 3.49. The molecule has 7 rings (SSSR count). The van der Waals surface area contributed by atoms with E-state index in [0.717, 1.165) is 42.3 Å². The molecule has 3 heterocycles. The molecule has 1 spiro atoms. The molecule has 6 nitrogen and oxygen atoms in total. The van der Waals surface area contributed by atoms with Crippen LogP contribution in [0.1, 0.15) is 49.7 Å². The second kappa shape index (κ2) is 5.74. The van der Waals surface area contributed by atoms with E-state index in [2.05, 4.69) is 4.90 Å². The summed E-state index contributed by atoms with van der Waals surface area (Å²) in [5.74, 6) is 1.52. The number of aliphatic hydroxyl groups is 2. The number of carbonyl (C=O) groups is 1. The summed E-state index contributed by atoms with van der Waals surface area (Å²) in [7, 11) is 1.64. The first-order valence-electron chi connectivity index (χ1n) is 10.9. The van der Waals surface area contributed by atoms with Gasteiger partial charge in [0, 0.05) is 24.9 Å². The van der Waals surface area contributed by atoms with Gasteiger partial charge in [0.1, 0.15) is 11.4 Å². The summed E-state index contributed by atoms with van der Waals surface area (Å²) < 4.78 is 11.7. The van der Waals surface area contributed by atoms with Crippen molar-refractivity contribution >= 4 is 5.97 Å². The van der Waals surface area contributed by atoms with Gasteiger partial charge in [-0.1, -0.05) is 6.07 Å². The molecular weight excluding hydrogens is 370 g/mol. The van der Waals surface area contributed by atoms with Crippen LogP contribution in [0.3, 0.4) is 0 Å². The first-order valence-corrected chi connectivity index (χ1v) is 10.9. The second-order valence-electron chi connectivity index (χ2n) is 10.1. The lowest BCUT2D eigenvalue weighted by molar-refractivity contribution is -0.251. The zero-order chi connectivity index (χ0) is 20.0. The molecular formula is C23H29NO5. The molecule has 2 N–H and O–H groups in total. The van der Waals surface area contributed by atoms with Crippen LogP contribution in [0, 0.1) is 11.8 Å². The van der Waals surface area contributed by atoms with Crippen LogP contribution < -0.4 is 4.74 Å². The summed E-state index contributed by atoms with van der Waals surface area (Å²) in [5.41, 5.74) is -0.697. The number of ether oxygens (including phenoxy) is 2.